The van der Waals surface area contributed by atoms with Crippen molar-refractivity contribution in [3.05, 3.63) is 77.7 Å². The number of rotatable bonds is 6. The predicted octanol–water partition coefficient (Wildman–Crippen LogP) is 2.77. The molecule has 0 saturated carbocycles. The number of carbonyl (C=O) groups excluding carboxylic acids is 1. The van der Waals surface area contributed by atoms with Gasteiger partial charge in [0.05, 0.1) is 5.69 Å². The lowest BCUT2D eigenvalue weighted by molar-refractivity contribution is 0.0913. The van der Waals surface area contributed by atoms with Gasteiger partial charge in [0.25, 0.3) is 5.91 Å². The van der Waals surface area contributed by atoms with Crippen LogP contribution in [0, 0.1) is 0 Å². The molecular formula is C21H23N5O2. The first kappa shape index (κ1) is 18.3. The van der Waals surface area contributed by atoms with Gasteiger partial charge in [0.2, 0.25) is 5.76 Å². The van der Waals surface area contributed by atoms with Gasteiger partial charge in [0, 0.05) is 56.4 Å². The highest BCUT2D eigenvalue weighted by Crippen LogP contribution is 2.27. The Hall–Kier alpha value is -3.06. The molecule has 3 aromatic heterocycles. The summed E-state index contributed by atoms with van der Waals surface area (Å²) in [5, 5.41) is 7.03. The quantitative estimate of drug-likeness (QED) is 0.711. The number of carbonyl (C=O) groups is 1. The second-order valence-electron chi connectivity index (χ2n) is 7.09. The average Bonchev–Trinajstić information content (AvgIpc) is 3.24. The molecule has 144 valence electrons. The molecule has 7 nitrogen and oxygen atoms in total. The maximum atomic E-state index is 12.3. The second kappa shape index (κ2) is 8.75. The van der Waals surface area contributed by atoms with E-state index in [1.54, 1.807) is 24.7 Å². The van der Waals surface area contributed by atoms with E-state index in [-0.39, 0.29) is 17.6 Å². The number of hydrogen-bond acceptors (Lipinski definition) is 6. The summed E-state index contributed by atoms with van der Waals surface area (Å²) in [5.74, 6) is 0.281. The Labute approximate surface area is 163 Å². The van der Waals surface area contributed by atoms with Crippen molar-refractivity contribution < 1.29 is 9.32 Å². The molecule has 1 saturated heterocycles. The Bertz CT molecular complexity index is 897. The number of amides is 1. The summed E-state index contributed by atoms with van der Waals surface area (Å²) >= 11 is 0. The van der Waals surface area contributed by atoms with Gasteiger partial charge >= 0.3 is 0 Å². The number of pyridine rings is 2. The molecule has 1 aliphatic heterocycles. The minimum absolute atomic E-state index is 0.251. The highest BCUT2D eigenvalue weighted by Gasteiger charge is 2.25. The fourth-order valence-corrected chi connectivity index (χ4v) is 3.55. The molecule has 0 aromatic carbocycles. The molecule has 4 rings (SSSR count). The van der Waals surface area contributed by atoms with E-state index in [9.17, 15) is 4.79 Å². The van der Waals surface area contributed by atoms with Crippen molar-refractivity contribution in [1.29, 1.82) is 0 Å². The van der Waals surface area contributed by atoms with E-state index in [1.165, 1.54) is 5.56 Å². The second-order valence-corrected chi connectivity index (χ2v) is 7.09. The molecule has 0 radical (unpaired) electrons. The first-order valence-corrected chi connectivity index (χ1v) is 9.53. The van der Waals surface area contributed by atoms with Crippen LogP contribution in [0.3, 0.4) is 0 Å². The van der Waals surface area contributed by atoms with E-state index in [1.807, 2.05) is 24.4 Å². The average molecular weight is 377 g/mol. The molecule has 1 N–H and O–H groups in total. The third kappa shape index (κ3) is 4.61. The molecule has 1 aliphatic rings. The van der Waals surface area contributed by atoms with Crippen molar-refractivity contribution in [2.45, 2.75) is 31.8 Å². The number of nitrogens with one attached hydrogen (secondary N) is 1. The number of likely N-dealkylation sites (tertiary alicyclic amines) is 1. The third-order valence-electron chi connectivity index (χ3n) is 5.01. The van der Waals surface area contributed by atoms with Gasteiger partial charge in [-0.15, -0.1) is 0 Å². The van der Waals surface area contributed by atoms with Crippen molar-refractivity contribution in [3.63, 3.8) is 0 Å². The summed E-state index contributed by atoms with van der Waals surface area (Å²) < 4.78 is 5.32. The van der Waals surface area contributed by atoms with E-state index < -0.39 is 0 Å². The van der Waals surface area contributed by atoms with Crippen molar-refractivity contribution in [1.82, 2.24) is 25.3 Å². The Kier molecular flexibility index (Phi) is 5.72. The van der Waals surface area contributed by atoms with Crippen molar-refractivity contribution >= 4 is 5.91 Å². The zero-order chi connectivity index (χ0) is 19.2. The molecular weight excluding hydrogens is 354 g/mol. The van der Waals surface area contributed by atoms with Crippen LogP contribution in [0.25, 0.3) is 0 Å². The zero-order valence-corrected chi connectivity index (χ0v) is 15.6. The lowest BCUT2D eigenvalue weighted by Gasteiger charge is -2.31. The first-order valence-electron chi connectivity index (χ1n) is 9.53. The summed E-state index contributed by atoms with van der Waals surface area (Å²) in [6.45, 7) is 3.27. The van der Waals surface area contributed by atoms with Gasteiger partial charge in [0.15, 0.2) is 0 Å². The maximum absolute atomic E-state index is 12.3. The van der Waals surface area contributed by atoms with Crippen molar-refractivity contribution in [3.8, 4) is 0 Å². The molecule has 7 heteroatoms. The van der Waals surface area contributed by atoms with E-state index in [4.69, 9.17) is 4.52 Å². The third-order valence-corrected chi connectivity index (χ3v) is 5.01. The molecule has 0 bridgehead atoms. The van der Waals surface area contributed by atoms with Gasteiger partial charge in [-0.25, -0.2) is 0 Å². The predicted molar refractivity (Wildman–Crippen MR) is 103 cm³/mol. The van der Waals surface area contributed by atoms with Crippen LogP contribution in [0.4, 0.5) is 0 Å². The van der Waals surface area contributed by atoms with E-state index >= 15 is 0 Å². The zero-order valence-electron chi connectivity index (χ0n) is 15.6. The lowest BCUT2D eigenvalue weighted by atomic mass is 9.94. The van der Waals surface area contributed by atoms with Crippen molar-refractivity contribution in [2.75, 3.05) is 13.1 Å². The fraction of sp³-hybridized carbons (Fsp3) is 0.333. The summed E-state index contributed by atoms with van der Waals surface area (Å²) in [7, 11) is 0. The normalized spacial score (nSPS) is 17.4. The van der Waals surface area contributed by atoms with Crippen LogP contribution in [0.5, 0.6) is 0 Å². The molecule has 4 heterocycles. The fourth-order valence-electron chi connectivity index (χ4n) is 3.55. The van der Waals surface area contributed by atoms with Crippen LogP contribution in [-0.4, -0.2) is 39.0 Å². The van der Waals surface area contributed by atoms with E-state index in [0.717, 1.165) is 43.7 Å². The molecule has 0 unspecified atom stereocenters. The number of aromatic nitrogens is 3. The minimum Gasteiger partial charge on any atom is -0.351 e. The Balaban J connectivity index is 1.34. The van der Waals surface area contributed by atoms with Crippen LogP contribution in [0.1, 0.15) is 46.1 Å². The van der Waals surface area contributed by atoms with Crippen LogP contribution < -0.4 is 5.32 Å². The molecule has 0 spiro atoms. The Morgan fingerprint density at radius 1 is 1.18 bits per heavy atom. The molecule has 28 heavy (non-hydrogen) atoms. The minimum atomic E-state index is -0.251. The lowest BCUT2D eigenvalue weighted by Crippen LogP contribution is -2.34. The van der Waals surface area contributed by atoms with Crippen molar-refractivity contribution in [2.24, 2.45) is 0 Å². The van der Waals surface area contributed by atoms with Gasteiger partial charge in [-0.05, 0) is 48.7 Å². The SMILES string of the molecule is O=C(NCc1ccncc1)c1cc([C@@H]2CCCN(Cc3cccnc3)C2)no1. The molecule has 1 amide bonds. The van der Waals surface area contributed by atoms with Gasteiger partial charge in [-0.1, -0.05) is 11.2 Å². The highest BCUT2D eigenvalue weighted by atomic mass is 16.5. The van der Waals surface area contributed by atoms with Gasteiger partial charge < -0.3 is 9.84 Å². The van der Waals surface area contributed by atoms with Crippen LogP contribution >= 0.6 is 0 Å². The molecule has 1 fully saturated rings. The Morgan fingerprint density at radius 2 is 2.07 bits per heavy atom. The summed E-state index contributed by atoms with van der Waals surface area (Å²) in [5.41, 5.74) is 3.05. The van der Waals surface area contributed by atoms with Gasteiger partial charge in [0.1, 0.15) is 0 Å². The number of hydrogen-bond donors (Lipinski definition) is 1. The monoisotopic (exact) mass is 377 g/mol. The number of piperidine rings is 1. The first-order chi connectivity index (χ1) is 13.8. The molecule has 0 aliphatic carbocycles. The van der Waals surface area contributed by atoms with Crippen LogP contribution in [-0.2, 0) is 13.1 Å². The largest absolute Gasteiger partial charge is 0.351 e. The topological polar surface area (TPSA) is 84.2 Å². The van der Waals surface area contributed by atoms with Crippen LogP contribution in [0.15, 0.2) is 59.6 Å². The molecule has 1 atom stereocenters. The standard InChI is InChI=1S/C21H23N5O2/c27-21(24-13-16-5-8-22-9-6-16)20-11-19(25-28-20)18-4-2-10-26(15-18)14-17-3-1-7-23-12-17/h1,3,5-9,11-12,18H,2,4,10,13-15H2,(H,24,27)/t18-/m1/s1. The summed E-state index contributed by atoms with van der Waals surface area (Å²) in [6, 6.07) is 9.57. The Morgan fingerprint density at radius 3 is 2.89 bits per heavy atom. The number of nitrogens with zero attached hydrogens (tertiary/aromatic N) is 4. The smallest absolute Gasteiger partial charge is 0.290 e. The molecule has 3 aromatic rings. The van der Waals surface area contributed by atoms with Gasteiger partial charge in [-0.3, -0.25) is 19.7 Å². The van der Waals surface area contributed by atoms with E-state index in [2.05, 4.69) is 31.4 Å². The van der Waals surface area contributed by atoms with Crippen LogP contribution in [0.2, 0.25) is 0 Å². The highest BCUT2D eigenvalue weighted by molar-refractivity contribution is 5.91. The summed E-state index contributed by atoms with van der Waals surface area (Å²) in [6.07, 6.45) is 9.25. The van der Waals surface area contributed by atoms with E-state index in [0.29, 0.717) is 6.54 Å². The maximum Gasteiger partial charge on any atom is 0.290 e. The summed E-state index contributed by atoms with van der Waals surface area (Å²) in [4.78, 5) is 22.9. The van der Waals surface area contributed by atoms with Gasteiger partial charge in [-0.2, -0.15) is 0 Å².